The molecule has 7 nitrogen and oxygen atoms in total. The maximum atomic E-state index is 13.6. The molecular formula is C18H21FN4O3. The second kappa shape index (κ2) is 7.15. The Bertz CT molecular complexity index is 919. The molecule has 1 aromatic carbocycles. The Hall–Kier alpha value is -2.90. The van der Waals surface area contributed by atoms with Gasteiger partial charge in [-0.3, -0.25) is 19.1 Å². The molecule has 1 unspecified atom stereocenters. The van der Waals surface area contributed by atoms with Crippen molar-refractivity contribution in [2.75, 3.05) is 23.3 Å². The van der Waals surface area contributed by atoms with Gasteiger partial charge in [0.15, 0.2) is 0 Å². The Labute approximate surface area is 149 Å². The smallest absolute Gasteiger partial charge is 0.329 e. The van der Waals surface area contributed by atoms with Crippen molar-refractivity contribution < 1.29 is 9.18 Å². The van der Waals surface area contributed by atoms with Crippen LogP contribution in [0.4, 0.5) is 15.9 Å². The van der Waals surface area contributed by atoms with Crippen molar-refractivity contribution in [3.8, 4) is 0 Å². The minimum Gasteiger partial charge on any atom is -0.357 e. The van der Waals surface area contributed by atoms with Crippen molar-refractivity contribution in [1.29, 1.82) is 0 Å². The van der Waals surface area contributed by atoms with Crippen LogP contribution in [-0.4, -0.2) is 28.5 Å². The first kappa shape index (κ1) is 17.9. The summed E-state index contributed by atoms with van der Waals surface area (Å²) in [6, 6.07) is 5.93. The molecule has 8 heteroatoms. The van der Waals surface area contributed by atoms with Gasteiger partial charge in [0.05, 0.1) is 5.92 Å². The molecule has 26 heavy (non-hydrogen) atoms. The van der Waals surface area contributed by atoms with E-state index < -0.39 is 11.2 Å². The van der Waals surface area contributed by atoms with Crippen LogP contribution in [0.15, 0.2) is 33.9 Å². The van der Waals surface area contributed by atoms with E-state index in [1.165, 1.54) is 19.2 Å². The quantitative estimate of drug-likeness (QED) is 0.866. The summed E-state index contributed by atoms with van der Waals surface area (Å²) in [5, 5.41) is 2.74. The SMILES string of the molecule is Cc1ccc(NC(=O)C2CCCN(c3cc(=O)n(C)c(=O)[nH]3)C2)cc1F. The number of anilines is 2. The van der Waals surface area contributed by atoms with Gasteiger partial charge in [-0.25, -0.2) is 9.18 Å². The molecule has 1 fully saturated rings. The van der Waals surface area contributed by atoms with Gasteiger partial charge in [0.1, 0.15) is 11.6 Å². The highest BCUT2D eigenvalue weighted by molar-refractivity contribution is 5.93. The van der Waals surface area contributed by atoms with Crippen molar-refractivity contribution in [3.05, 3.63) is 56.5 Å². The summed E-state index contributed by atoms with van der Waals surface area (Å²) in [6.45, 7) is 2.68. The predicted octanol–water partition coefficient (Wildman–Crippen LogP) is 1.38. The lowest BCUT2D eigenvalue weighted by molar-refractivity contribution is -0.120. The number of rotatable bonds is 3. The van der Waals surface area contributed by atoms with Crippen molar-refractivity contribution in [1.82, 2.24) is 9.55 Å². The molecule has 2 heterocycles. The van der Waals surface area contributed by atoms with Gasteiger partial charge >= 0.3 is 5.69 Å². The van der Waals surface area contributed by atoms with E-state index in [0.717, 1.165) is 11.0 Å². The fourth-order valence-corrected chi connectivity index (χ4v) is 3.04. The summed E-state index contributed by atoms with van der Waals surface area (Å²) in [5.41, 5.74) is 0.0401. The molecule has 2 N–H and O–H groups in total. The molecule has 3 rings (SSSR count). The Morgan fingerprint density at radius 3 is 2.77 bits per heavy atom. The van der Waals surface area contributed by atoms with Gasteiger partial charge < -0.3 is 10.2 Å². The van der Waals surface area contributed by atoms with E-state index in [-0.39, 0.29) is 17.6 Å². The first-order valence-corrected chi connectivity index (χ1v) is 8.47. The Balaban J connectivity index is 1.73. The van der Waals surface area contributed by atoms with Crippen molar-refractivity contribution in [2.24, 2.45) is 13.0 Å². The number of piperidine rings is 1. The number of carbonyl (C=O) groups is 1. The maximum Gasteiger partial charge on any atom is 0.329 e. The second-order valence-electron chi connectivity index (χ2n) is 6.60. The van der Waals surface area contributed by atoms with Crippen molar-refractivity contribution in [2.45, 2.75) is 19.8 Å². The normalized spacial score (nSPS) is 17.2. The van der Waals surface area contributed by atoms with Crippen LogP contribution >= 0.6 is 0 Å². The molecule has 1 saturated heterocycles. The minimum absolute atomic E-state index is 0.205. The number of amides is 1. The summed E-state index contributed by atoms with van der Waals surface area (Å²) in [4.78, 5) is 40.6. The minimum atomic E-state index is -0.491. The number of hydrogen-bond donors (Lipinski definition) is 2. The molecule has 1 atom stereocenters. The fraction of sp³-hybridized carbons (Fsp3) is 0.389. The molecule has 0 radical (unpaired) electrons. The van der Waals surface area contributed by atoms with Gasteiger partial charge in [-0.05, 0) is 37.5 Å². The van der Waals surface area contributed by atoms with Crippen LogP contribution in [0.2, 0.25) is 0 Å². The second-order valence-corrected chi connectivity index (χ2v) is 6.60. The van der Waals surface area contributed by atoms with Crippen LogP contribution in [0.3, 0.4) is 0 Å². The zero-order valence-electron chi connectivity index (χ0n) is 14.7. The third-order valence-corrected chi connectivity index (χ3v) is 4.70. The summed E-state index contributed by atoms with van der Waals surface area (Å²) >= 11 is 0. The molecule has 138 valence electrons. The molecule has 1 amide bonds. The average Bonchev–Trinajstić information content (AvgIpc) is 2.62. The van der Waals surface area contributed by atoms with Crippen LogP contribution < -0.4 is 21.5 Å². The van der Waals surface area contributed by atoms with Gasteiger partial charge in [0, 0.05) is 31.9 Å². The largest absolute Gasteiger partial charge is 0.357 e. The highest BCUT2D eigenvalue weighted by Crippen LogP contribution is 2.22. The molecule has 0 bridgehead atoms. The number of halogens is 1. The van der Waals surface area contributed by atoms with E-state index in [0.29, 0.717) is 36.6 Å². The number of aryl methyl sites for hydroxylation is 1. The maximum absolute atomic E-state index is 13.6. The Morgan fingerprint density at radius 2 is 2.08 bits per heavy atom. The van der Waals surface area contributed by atoms with Gasteiger partial charge in [0.2, 0.25) is 5.91 Å². The number of benzene rings is 1. The van der Waals surface area contributed by atoms with E-state index in [4.69, 9.17) is 0 Å². The van der Waals surface area contributed by atoms with Crippen LogP contribution in [-0.2, 0) is 11.8 Å². The summed E-state index contributed by atoms with van der Waals surface area (Å²) in [6.07, 6.45) is 1.43. The zero-order valence-corrected chi connectivity index (χ0v) is 14.7. The molecule has 0 spiro atoms. The predicted molar refractivity (Wildman–Crippen MR) is 97.0 cm³/mol. The standard InChI is InChI=1S/C18H21FN4O3/c1-11-5-6-13(8-14(11)19)20-17(25)12-4-3-7-23(10-12)15-9-16(24)22(2)18(26)21-15/h5-6,8-9,12H,3-4,7,10H2,1-2H3,(H,20,25)(H,21,26). The molecule has 2 aromatic rings. The lowest BCUT2D eigenvalue weighted by Crippen LogP contribution is -2.43. The summed E-state index contributed by atoms with van der Waals surface area (Å²) < 4.78 is 14.6. The first-order chi connectivity index (χ1) is 12.3. The Morgan fingerprint density at radius 1 is 1.31 bits per heavy atom. The topological polar surface area (TPSA) is 87.2 Å². The van der Waals surface area contributed by atoms with E-state index in [9.17, 15) is 18.8 Å². The first-order valence-electron chi connectivity index (χ1n) is 8.47. The van der Waals surface area contributed by atoms with E-state index in [2.05, 4.69) is 10.3 Å². The van der Waals surface area contributed by atoms with Gasteiger partial charge in [-0.15, -0.1) is 0 Å². The fourth-order valence-electron chi connectivity index (χ4n) is 3.04. The molecule has 1 aromatic heterocycles. The molecular weight excluding hydrogens is 339 g/mol. The highest BCUT2D eigenvalue weighted by Gasteiger charge is 2.27. The number of H-pyrrole nitrogens is 1. The third kappa shape index (κ3) is 3.68. The number of hydrogen-bond acceptors (Lipinski definition) is 4. The van der Waals surface area contributed by atoms with Crippen molar-refractivity contribution >= 4 is 17.4 Å². The number of nitrogens with zero attached hydrogens (tertiary/aromatic N) is 2. The summed E-state index contributed by atoms with van der Waals surface area (Å²) in [5.74, 6) is -0.479. The van der Waals surface area contributed by atoms with E-state index in [1.807, 2.05) is 4.90 Å². The number of carbonyl (C=O) groups excluding carboxylic acids is 1. The monoisotopic (exact) mass is 360 g/mol. The average molecular weight is 360 g/mol. The molecule has 0 saturated carbocycles. The Kier molecular flexibility index (Phi) is 4.92. The zero-order chi connectivity index (χ0) is 18.8. The number of aromatic nitrogens is 2. The molecule has 1 aliphatic heterocycles. The third-order valence-electron chi connectivity index (χ3n) is 4.70. The summed E-state index contributed by atoms with van der Waals surface area (Å²) in [7, 11) is 1.40. The molecule has 0 aliphatic carbocycles. The lowest BCUT2D eigenvalue weighted by atomic mass is 9.97. The highest BCUT2D eigenvalue weighted by atomic mass is 19.1. The van der Waals surface area contributed by atoms with Gasteiger partial charge in [-0.1, -0.05) is 6.07 Å². The van der Waals surface area contributed by atoms with Gasteiger partial charge in [0.25, 0.3) is 5.56 Å². The van der Waals surface area contributed by atoms with Crippen LogP contribution in [0, 0.1) is 18.7 Å². The number of aromatic amines is 1. The lowest BCUT2D eigenvalue weighted by Gasteiger charge is -2.33. The van der Waals surface area contributed by atoms with Crippen LogP contribution in [0.1, 0.15) is 18.4 Å². The molecule has 1 aliphatic rings. The van der Waals surface area contributed by atoms with Crippen molar-refractivity contribution in [3.63, 3.8) is 0 Å². The van der Waals surface area contributed by atoms with E-state index in [1.54, 1.807) is 19.1 Å². The van der Waals surface area contributed by atoms with Crippen LogP contribution in [0.5, 0.6) is 0 Å². The van der Waals surface area contributed by atoms with E-state index >= 15 is 0 Å². The van der Waals surface area contributed by atoms with Gasteiger partial charge in [-0.2, -0.15) is 0 Å². The number of nitrogens with one attached hydrogen (secondary N) is 2. The van der Waals surface area contributed by atoms with Crippen LogP contribution in [0.25, 0.3) is 0 Å².